The summed E-state index contributed by atoms with van der Waals surface area (Å²) in [6.45, 7) is 11.3. The lowest BCUT2D eigenvalue weighted by Gasteiger charge is -2.39. The number of fused-ring (bicyclic) bond motifs is 4. The van der Waals surface area contributed by atoms with E-state index in [0.717, 1.165) is 57.2 Å². The number of methoxy groups -OCH3 is 1. The SMILES string of the molecule is CO[C@@H](C)COc1cc(N2C[C@@H]3C[C@H]2CN3C(=O)O)c2cc(C3CC3)c(-c3c(C)c(F)cc4nn(C(c5ccccc5)(c5ccccc5)c5ccccc5)c(C(C)(C)C)c34)c(O)c2n1. The van der Waals surface area contributed by atoms with Gasteiger partial charge >= 0.3 is 6.09 Å². The second-order valence-corrected chi connectivity index (χ2v) is 18.9. The molecule has 3 aliphatic rings. The Hall–Kier alpha value is -6.46. The minimum absolute atomic E-state index is 0.0481. The van der Waals surface area contributed by atoms with Gasteiger partial charge in [-0.15, -0.1) is 0 Å². The average molecular weight is 860 g/mol. The van der Waals surface area contributed by atoms with Crippen LogP contribution in [0.3, 0.4) is 0 Å². The highest BCUT2D eigenvalue weighted by atomic mass is 19.1. The van der Waals surface area contributed by atoms with E-state index in [1.165, 1.54) is 4.90 Å². The number of hydrogen-bond acceptors (Lipinski definition) is 7. The molecular formula is C53H54FN5O5. The zero-order valence-corrected chi connectivity index (χ0v) is 37.2. The number of nitrogens with zero attached hydrogens (tertiary/aromatic N) is 5. The van der Waals surface area contributed by atoms with E-state index in [2.05, 4.69) is 72.8 Å². The van der Waals surface area contributed by atoms with Crippen molar-refractivity contribution in [2.24, 2.45) is 0 Å². The average Bonchev–Trinajstić information content (AvgIpc) is 3.76. The van der Waals surface area contributed by atoms with Crippen molar-refractivity contribution in [2.45, 2.75) is 88.9 Å². The maximum Gasteiger partial charge on any atom is 0.407 e. The second-order valence-electron chi connectivity index (χ2n) is 18.9. The summed E-state index contributed by atoms with van der Waals surface area (Å²) in [6, 6.07) is 36.5. The highest BCUT2D eigenvalue weighted by Gasteiger charge is 2.47. The van der Waals surface area contributed by atoms with Gasteiger partial charge in [0, 0.05) is 65.7 Å². The van der Waals surface area contributed by atoms with Crippen LogP contribution in [0.15, 0.2) is 109 Å². The van der Waals surface area contributed by atoms with Gasteiger partial charge in [0.15, 0.2) is 0 Å². The van der Waals surface area contributed by atoms with Gasteiger partial charge in [0.25, 0.3) is 0 Å². The number of rotatable bonds is 11. The first-order chi connectivity index (χ1) is 30.8. The standard InChI is InChI=1S/C53H54FN5O5/c1-31(63-6)30-64-44-27-43(57-28-38-24-37(57)29-58(38)51(61)62)40-25-39(33-22-23-33)46(49(60)48(40)55-44)45-32(2)41(54)26-42-47(45)50(52(3,4)5)59(56-42)53(34-16-10-7-11-17-34,35-18-12-8-13-19-35)36-20-14-9-15-21-36/h7-21,25-27,31,33,37-38,60H,22-24,28-30H2,1-6H3,(H,61,62)/t31-,37-,38-/m0/s1. The molecule has 7 aromatic rings. The van der Waals surface area contributed by atoms with Gasteiger partial charge in [0.2, 0.25) is 5.88 Å². The summed E-state index contributed by atoms with van der Waals surface area (Å²) in [5, 5.41) is 30.1. The van der Waals surface area contributed by atoms with Crippen LogP contribution in [0.4, 0.5) is 14.9 Å². The van der Waals surface area contributed by atoms with E-state index in [0.29, 0.717) is 53.1 Å². The predicted molar refractivity (Wildman–Crippen MR) is 248 cm³/mol. The van der Waals surface area contributed by atoms with Gasteiger partial charge in [-0.1, -0.05) is 112 Å². The van der Waals surface area contributed by atoms with Crippen molar-refractivity contribution in [1.29, 1.82) is 0 Å². The summed E-state index contributed by atoms with van der Waals surface area (Å²) >= 11 is 0. The van der Waals surface area contributed by atoms with Crippen LogP contribution in [-0.2, 0) is 15.7 Å². The first-order valence-corrected chi connectivity index (χ1v) is 22.3. The molecule has 0 unspecified atom stereocenters. The molecule has 3 fully saturated rings. The lowest BCUT2D eigenvalue weighted by Crippen LogP contribution is -2.48. The molecule has 10 rings (SSSR count). The molecule has 2 bridgehead atoms. The number of aromatic nitrogens is 3. The summed E-state index contributed by atoms with van der Waals surface area (Å²) in [7, 11) is 1.62. The third-order valence-corrected chi connectivity index (χ3v) is 13.8. The molecule has 0 spiro atoms. The first kappa shape index (κ1) is 41.5. The van der Waals surface area contributed by atoms with Gasteiger partial charge < -0.3 is 29.5 Å². The number of piperazine rings is 1. The zero-order valence-electron chi connectivity index (χ0n) is 37.2. The quantitative estimate of drug-likeness (QED) is 0.124. The number of pyridine rings is 1. The molecule has 2 saturated heterocycles. The van der Waals surface area contributed by atoms with Crippen LogP contribution in [0.2, 0.25) is 0 Å². The summed E-state index contributed by atoms with van der Waals surface area (Å²) in [6.07, 6.45) is 1.41. The van der Waals surface area contributed by atoms with Crippen LogP contribution in [-0.4, -0.2) is 81.0 Å². The summed E-state index contributed by atoms with van der Waals surface area (Å²) in [4.78, 5) is 20.9. The molecule has 64 heavy (non-hydrogen) atoms. The van der Waals surface area contributed by atoms with E-state index >= 15 is 4.39 Å². The summed E-state index contributed by atoms with van der Waals surface area (Å²) < 4.78 is 30.9. The third-order valence-electron chi connectivity index (χ3n) is 13.8. The number of ether oxygens (including phenoxy) is 2. The molecule has 0 radical (unpaired) electrons. The molecule has 1 saturated carbocycles. The highest BCUT2D eigenvalue weighted by molar-refractivity contribution is 6.08. The summed E-state index contributed by atoms with van der Waals surface area (Å²) in [5.41, 5.74) is 6.42. The van der Waals surface area contributed by atoms with Crippen molar-refractivity contribution >= 4 is 33.6 Å². The van der Waals surface area contributed by atoms with Crippen molar-refractivity contribution in [1.82, 2.24) is 19.7 Å². The minimum atomic E-state index is -0.995. The molecule has 1 aliphatic carbocycles. The lowest BCUT2D eigenvalue weighted by atomic mass is 9.75. The molecule has 4 heterocycles. The van der Waals surface area contributed by atoms with Crippen LogP contribution in [0.1, 0.15) is 86.4 Å². The van der Waals surface area contributed by atoms with Gasteiger partial charge in [-0.25, -0.2) is 18.9 Å². The fraction of sp³-hybridized carbons (Fsp3) is 0.340. The molecule has 2 N–H and O–H groups in total. The molecule has 2 aliphatic heterocycles. The van der Waals surface area contributed by atoms with E-state index in [1.807, 2.05) is 67.6 Å². The number of likely N-dealkylation sites (tertiary alicyclic amines) is 1. The van der Waals surface area contributed by atoms with Crippen LogP contribution >= 0.6 is 0 Å². The van der Waals surface area contributed by atoms with Crippen molar-refractivity contribution in [3.8, 4) is 22.8 Å². The van der Waals surface area contributed by atoms with Crippen LogP contribution in [0, 0.1) is 12.7 Å². The van der Waals surface area contributed by atoms with Gasteiger partial charge in [-0.2, -0.15) is 5.10 Å². The number of halogens is 1. The third kappa shape index (κ3) is 6.66. The van der Waals surface area contributed by atoms with Crippen molar-refractivity contribution in [3.63, 3.8) is 0 Å². The number of anilines is 1. The molecule has 5 aromatic carbocycles. The largest absolute Gasteiger partial charge is 0.505 e. The highest BCUT2D eigenvalue weighted by Crippen LogP contribution is 2.55. The lowest BCUT2D eigenvalue weighted by molar-refractivity contribution is 0.0701. The first-order valence-electron chi connectivity index (χ1n) is 22.3. The van der Waals surface area contributed by atoms with Crippen LogP contribution < -0.4 is 9.64 Å². The number of benzene rings is 5. The van der Waals surface area contributed by atoms with Gasteiger partial charge in [0.1, 0.15) is 29.2 Å². The Morgan fingerprint density at radius 3 is 2.00 bits per heavy atom. The number of aromatic hydroxyl groups is 1. The van der Waals surface area contributed by atoms with E-state index in [1.54, 1.807) is 20.1 Å². The van der Waals surface area contributed by atoms with Gasteiger partial charge in [0.05, 0.1) is 29.0 Å². The number of carboxylic acid groups (broad SMARTS) is 1. The number of carbonyl (C=O) groups is 1. The van der Waals surface area contributed by atoms with E-state index in [4.69, 9.17) is 19.6 Å². The van der Waals surface area contributed by atoms with E-state index in [9.17, 15) is 15.0 Å². The molecule has 1 amide bonds. The Balaban J connectivity index is 1.29. The molecule has 2 aromatic heterocycles. The number of hydrogen-bond donors (Lipinski definition) is 2. The number of phenols is 1. The topological polar surface area (TPSA) is 113 Å². The van der Waals surface area contributed by atoms with Crippen molar-refractivity contribution in [2.75, 3.05) is 31.7 Å². The summed E-state index contributed by atoms with van der Waals surface area (Å²) in [5.74, 6) is -0.0381. The van der Waals surface area contributed by atoms with Crippen molar-refractivity contribution in [3.05, 3.63) is 149 Å². The van der Waals surface area contributed by atoms with Gasteiger partial charge in [-0.3, -0.25) is 0 Å². The fourth-order valence-corrected chi connectivity index (χ4v) is 10.6. The normalized spacial score (nSPS) is 18.0. The molecular weight excluding hydrogens is 806 g/mol. The fourth-order valence-electron chi connectivity index (χ4n) is 10.6. The van der Waals surface area contributed by atoms with Gasteiger partial charge in [-0.05, 0) is 72.9 Å². The van der Waals surface area contributed by atoms with Crippen LogP contribution in [0.25, 0.3) is 32.9 Å². The molecule has 3 atom stereocenters. The second kappa shape index (κ2) is 15.7. The smallest absolute Gasteiger partial charge is 0.407 e. The molecule has 11 heteroatoms. The van der Waals surface area contributed by atoms with Crippen LogP contribution in [0.5, 0.6) is 11.6 Å². The maximum absolute atomic E-state index is 17.0. The van der Waals surface area contributed by atoms with E-state index in [-0.39, 0.29) is 36.5 Å². The Morgan fingerprint density at radius 2 is 1.48 bits per heavy atom. The maximum atomic E-state index is 17.0. The van der Waals surface area contributed by atoms with Crippen molar-refractivity contribution < 1.29 is 28.9 Å². The molecule has 328 valence electrons. The molecule has 10 nitrogen and oxygen atoms in total. The number of amides is 1. The predicted octanol–water partition coefficient (Wildman–Crippen LogP) is 10.8. The number of phenolic OH excluding ortho intramolecular Hbond substituents is 1. The van der Waals surface area contributed by atoms with E-state index < -0.39 is 22.9 Å². The Morgan fingerprint density at radius 1 is 0.875 bits per heavy atom. The Labute approximate surface area is 372 Å². The Bertz CT molecular complexity index is 2810. The monoisotopic (exact) mass is 859 g/mol. The zero-order chi connectivity index (χ0) is 44.7. The Kier molecular flexibility index (Phi) is 10.2. The minimum Gasteiger partial charge on any atom is -0.505 e.